The Balaban J connectivity index is 1.55. The molecule has 2 saturated carbocycles. The minimum absolute atomic E-state index is 0.0533. The molecule has 4 amide bonds. The number of nitrogens with zero attached hydrogens (tertiary/aromatic N) is 4. The van der Waals surface area contributed by atoms with Gasteiger partial charge in [-0.1, -0.05) is 18.6 Å². The fraction of sp³-hybridized carbons (Fsp3) is 0.654. The molecule has 8 nitrogen and oxygen atoms in total. The summed E-state index contributed by atoms with van der Waals surface area (Å²) in [5.41, 5.74) is 5.78. The summed E-state index contributed by atoms with van der Waals surface area (Å²) in [5, 5.41) is 0. The highest BCUT2D eigenvalue weighted by atomic mass is 19.1. The number of likely N-dealkylation sites (N-methyl/N-ethyl adjacent to an activating group) is 1. The van der Waals surface area contributed by atoms with Crippen LogP contribution in [-0.2, 0) is 15.1 Å². The zero-order chi connectivity index (χ0) is 25.4. The predicted octanol–water partition coefficient (Wildman–Crippen LogP) is 2.38. The molecule has 0 bridgehead atoms. The number of hydrogen-bond acceptors (Lipinski definition) is 4. The number of amides is 4. The summed E-state index contributed by atoms with van der Waals surface area (Å²) < 4.78 is 13.6. The molecule has 1 saturated heterocycles. The molecule has 0 unspecified atom stereocenters. The van der Waals surface area contributed by atoms with Crippen molar-refractivity contribution in [2.45, 2.75) is 56.0 Å². The zero-order valence-corrected chi connectivity index (χ0v) is 21.1. The quantitative estimate of drug-likeness (QED) is 0.610. The number of nitrogens with two attached hydrogens (primary N) is 1. The number of halogens is 1. The summed E-state index contributed by atoms with van der Waals surface area (Å²) >= 11 is 0. The van der Waals surface area contributed by atoms with E-state index < -0.39 is 5.91 Å². The van der Waals surface area contributed by atoms with Gasteiger partial charge >= 0.3 is 6.03 Å². The molecule has 1 aliphatic heterocycles. The van der Waals surface area contributed by atoms with Gasteiger partial charge in [-0.3, -0.25) is 14.5 Å². The molecule has 3 aliphatic rings. The molecule has 0 radical (unpaired) electrons. The van der Waals surface area contributed by atoms with Crippen molar-refractivity contribution in [3.8, 4) is 0 Å². The van der Waals surface area contributed by atoms with Crippen LogP contribution in [0.4, 0.5) is 9.18 Å². The van der Waals surface area contributed by atoms with Crippen LogP contribution in [0, 0.1) is 11.7 Å². The monoisotopic (exact) mass is 487 g/mol. The molecule has 1 aromatic rings. The van der Waals surface area contributed by atoms with Crippen molar-refractivity contribution in [3.05, 3.63) is 35.6 Å². The van der Waals surface area contributed by atoms with E-state index in [4.69, 9.17) is 5.73 Å². The van der Waals surface area contributed by atoms with Gasteiger partial charge in [0.2, 0.25) is 11.8 Å². The Morgan fingerprint density at radius 2 is 1.71 bits per heavy atom. The average molecular weight is 488 g/mol. The number of urea groups is 1. The van der Waals surface area contributed by atoms with Crippen LogP contribution in [0.5, 0.6) is 0 Å². The van der Waals surface area contributed by atoms with Gasteiger partial charge in [-0.2, -0.15) is 0 Å². The number of carbonyl (C=O) groups is 3. The van der Waals surface area contributed by atoms with E-state index in [1.54, 1.807) is 4.90 Å². The first-order chi connectivity index (χ1) is 16.6. The number of primary amides is 1. The summed E-state index contributed by atoms with van der Waals surface area (Å²) in [7, 11) is 5.66. The average Bonchev–Trinajstić information content (AvgIpc) is 3.01. The third kappa shape index (κ3) is 4.87. The highest BCUT2D eigenvalue weighted by Gasteiger charge is 2.55. The molecule has 4 rings (SSSR count). The largest absolute Gasteiger partial charge is 0.368 e. The Morgan fingerprint density at radius 3 is 2.23 bits per heavy atom. The van der Waals surface area contributed by atoms with Crippen molar-refractivity contribution in [2.75, 3.05) is 47.3 Å². The van der Waals surface area contributed by atoms with E-state index in [0.717, 1.165) is 50.6 Å². The normalized spacial score (nSPS) is 26.9. The Hall–Kier alpha value is -2.68. The predicted molar refractivity (Wildman–Crippen MR) is 131 cm³/mol. The van der Waals surface area contributed by atoms with Crippen LogP contribution in [0.15, 0.2) is 24.3 Å². The fourth-order valence-electron chi connectivity index (χ4n) is 6.13. The summed E-state index contributed by atoms with van der Waals surface area (Å²) in [4.78, 5) is 44.7. The molecule has 1 aromatic carbocycles. The van der Waals surface area contributed by atoms with Gasteiger partial charge < -0.3 is 20.4 Å². The highest BCUT2D eigenvalue weighted by Crippen LogP contribution is 2.49. The molecular weight excluding hydrogens is 449 g/mol. The van der Waals surface area contributed by atoms with Crippen molar-refractivity contribution in [2.24, 2.45) is 11.7 Å². The fourth-order valence-corrected chi connectivity index (χ4v) is 6.13. The Kier molecular flexibility index (Phi) is 7.09. The molecule has 35 heavy (non-hydrogen) atoms. The number of carbonyl (C=O) groups excluding carboxylic acids is 3. The standard InChI is InChI=1S/C26H38FN5O3/c1-29(2)26(20-7-9-21(27)10-8-20)13-11-25(12-14-26)18-31(17-23(34)30(3)16-22(28)33)24(35)32(25)15-19-5-4-6-19/h7-10,19H,4-6,11-18H2,1-3H3,(H2,28,33). The lowest BCUT2D eigenvalue weighted by molar-refractivity contribution is -0.134. The van der Waals surface area contributed by atoms with Gasteiger partial charge in [-0.05, 0) is 76.2 Å². The maximum atomic E-state index is 13.6. The molecule has 1 spiro atoms. The van der Waals surface area contributed by atoms with E-state index in [1.807, 2.05) is 17.0 Å². The molecule has 2 aliphatic carbocycles. The number of hydrogen-bond donors (Lipinski definition) is 1. The van der Waals surface area contributed by atoms with Crippen molar-refractivity contribution in [3.63, 3.8) is 0 Å². The third-order valence-corrected chi connectivity index (χ3v) is 8.62. The van der Waals surface area contributed by atoms with Gasteiger partial charge in [0.25, 0.3) is 0 Å². The molecule has 9 heteroatoms. The SMILES string of the molecule is CN(CC(N)=O)C(=O)CN1CC2(CCC(c3ccc(F)cc3)(N(C)C)CC2)N(CC2CCC2)C1=O. The van der Waals surface area contributed by atoms with E-state index in [2.05, 4.69) is 19.0 Å². The first kappa shape index (κ1) is 25.4. The number of benzene rings is 1. The van der Waals surface area contributed by atoms with Crippen LogP contribution in [0.2, 0.25) is 0 Å². The highest BCUT2D eigenvalue weighted by molar-refractivity contribution is 5.88. The maximum Gasteiger partial charge on any atom is 0.321 e. The lowest BCUT2D eigenvalue weighted by atomic mass is 9.68. The zero-order valence-electron chi connectivity index (χ0n) is 21.1. The van der Waals surface area contributed by atoms with Crippen molar-refractivity contribution in [1.29, 1.82) is 0 Å². The van der Waals surface area contributed by atoms with Crippen molar-refractivity contribution in [1.82, 2.24) is 19.6 Å². The van der Waals surface area contributed by atoms with Gasteiger partial charge in [0.15, 0.2) is 0 Å². The molecular formula is C26H38FN5O3. The molecule has 192 valence electrons. The first-order valence-electron chi connectivity index (χ1n) is 12.6. The second-order valence-corrected chi connectivity index (χ2v) is 10.9. The van der Waals surface area contributed by atoms with E-state index in [-0.39, 0.29) is 41.9 Å². The molecule has 3 fully saturated rings. The van der Waals surface area contributed by atoms with Crippen LogP contribution in [0.1, 0.15) is 50.5 Å². The van der Waals surface area contributed by atoms with Gasteiger partial charge in [-0.15, -0.1) is 0 Å². The molecule has 2 N–H and O–H groups in total. The summed E-state index contributed by atoms with van der Waals surface area (Å²) in [5.74, 6) is -0.599. The van der Waals surface area contributed by atoms with Crippen molar-refractivity contribution < 1.29 is 18.8 Å². The van der Waals surface area contributed by atoms with Crippen LogP contribution in [0.3, 0.4) is 0 Å². The smallest absolute Gasteiger partial charge is 0.321 e. The van der Waals surface area contributed by atoms with Gasteiger partial charge in [0, 0.05) is 25.7 Å². The third-order valence-electron chi connectivity index (χ3n) is 8.62. The minimum atomic E-state index is -0.579. The molecule has 0 aromatic heterocycles. The molecule has 0 atom stereocenters. The number of rotatable bonds is 8. The Labute approximate surface area is 207 Å². The van der Waals surface area contributed by atoms with Gasteiger partial charge in [0.05, 0.1) is 12.1 Å². The topological polar surface area (TPSA) is 90.2 Å². The van der Waals surface area contributed by atoms with Crippen LogP contribution in [-0.4, -0.2) is 90.3 Å². The van der Waals surface area contributed by atoms with Crippen LogP contribution >= 0.6 is 0 Å². The van der Waals surface area contributed by atoms with Crippen molar-refractivity contribution >= 4 is 17.8 Å². The van der Waals surface area contributed by atoms with Crippen LogP contribution in [0.25, 0.3) is 0 Å². The summed E-state index contributed by atoms with van der Waals surface area (Å²) in [6.07, 6.45) is 6.77. The van der Waals surface area contributed by atoms with E-state index in [0.29, 0.717) is 12.5 Å². The van der Waals surface area contributed by atoms with Gasteiger partial charge in [-0.25, -0.2) is 9.18 Å². The Morgan fingerprint density at radius 1 is 1.09 bits per heavy atom. The van der Waals surface area contributed by atoms with E-state index >= 15 is 0 Å². The first-order valence-corrected chi connectivity index (χ1v) is 12.6. The summed E-state index contributed by atoms with van der Waals surface area (Å²) in [6, 6.07) is 6.69. The van der Waals surface area contributed by atoms with E-state index in [9.17, 15) is 18.8 Å². The van der Waals surface area contributed by atoms with Crippen LogP contribution < -0.4 is 5.73 Å². The maximum absolute atomic E-state index is 13.6. The second kappa shape index (κ2) is 9.76. The lowest BCUT2D eigenvalue weighted by Gasteiger charge is -2.51. The van der Waals surface area contributed by atoms with E-state index in [1.165, 1.54) is 30.5 Å². The minimum Gasteiger partial charge on any atom is -0.368 e. The van der Waals surface area contributed by atoms with Gasteiger partial charge in [0.1, 0.15) is 12.4 Å². The lowest BCUT2D eigenvalue weighted by Crippen LogP contribution is -2.56. The Bertz CT molecular complexity index is 954. The second-order valence-electron chi connectivity index (χ2n) is 10.9. The summed E-state index contributed by atoms with van der Waals surface area (Å²) in [6.45, 7) is 1.01. The molecule has 1 heterocycles.